The maximum absolute atomic E-state index is 12.9. The molecular formula is C20H18N2O2S2. The highest BCUT2D eigenvalue weighted by Gasteiger charge is 2.22. The van der Waals surface area contributed by atoms with E-state index in [0.29, 0.717) is 11.5 Å². The number of carbonyl (C=O) groups is 1. The minimum Gasteiger partial charge on any atom is -0.451 e. The number of amides is 1. The summed E-state index contributed by atoms with van der Waals surface area (Å²) in [5, 5.41) is 3.96. The number of aliphatic imine (C=N–C) groups is 1. The molecule has 2 heterocycles. The Morgan fingerprint density at radius 1 is 1.23 bits per heavy atom. The molecule has 0 radical (unpaired) electrons. The zero-order valence-corrected chi connectivity index (χ0v) is 16.0. The average Bonchev–Trinajstić information content (AvgIpc) is 3.29. The molecule has 4 rings (SSSR count). The summed E-state index contributed by atoms with van der Waals surface area (Å²) in [6.07, 6.45) is 0. The first-order valence-corrected chi connectivity index (χ1v) is 10.4. The molecule has 3 aromatic rings. The van der Waals surface area contributed by atoms with Crippen LogP contribution < -0.4 is 5.32 Å². The SMILES string of the molecule is Cc1ccccc1NC(=O)c1oc2ccccc2c1CSC1=NCCS1. The number of rotatable bonds is 4. The van der Waals surface area contributed by atoms with Gasteiger partial charge in [0.2, 0.25) is 0 Å². The van der Waals surface area contributed by atoms with Gasteiger partial charge in [-0.3, -0.25) is 9.79 Å². The summed E-state index contributed by atoms with van der Waals surface area (Å²) >= 11 is 3.44. The van der Waals surface area contributed by atoms with E-state index < -0.39 is 0 Å². The van der Waals surface area contributed by atoms with E-state index in [1.54, 1.807) is 23.5 Å². The second kappa shape index (κ2) is 7.60. The molecule has 0 unspecified atom stereocenters. The summed E-state index contributed by atoms with van der Waals surface area (Å²) in [7, 11) is 0. The molecule has 0 fully saturated rings. The Morgan fingerprint density at radius 2 is 2.04 bits per heavy atom. The van der Waals surface area contributed by atoms with Crippen LogP contribution in [0.25, 0.3) is 11.0 Å². The number of hydrogen-bond acceptors (Lipinski definition) is 5. The highest BCUT2D eigenvalue weighted by Crippen LogP contribution is 2.33. The lowest BCUT2D eigenvalue weighted by molar-refractivity contribution is 0.0997. The van der Waals surface area contributed by atoms with E-state index in [4.69, 9.17) is 4.42 Å². The fourth-order valence-corrected chi connectivity index (χ4v) is 4.89. The number of nitrogens with zero attached hydrogens (tertiary/aromatic N) is 1. The maximum Gasteiger partial charge on any atom is 0.291 e. The first-order valence-electron chi connectivity index (χ1n) is 8.40. The standard InChI is InChI=1S/C20H18N2O2S2/c1-13-6-2-4-8-16(13)22-19(23)18-15(12-26-20-21-10-11-25-20)14-7-3-5-9-17(14)24-18/h2-9H,10-12H2,1H3,(H,22,23). The molecule has 4 nitrogen and oxygen atoms in total. The monoisotopic (exact) mass is 382 g/mol. The van der Waals surface area contributed by atoms with Crippen LogP contribution in [0.3, 0.4) is 0 Å². The third-order valence-corrected chi connectivity index (χ3v) is 6.47. The van der Waals surface area contributed by atoms with E-state index in [0.717, 1.165) is 44.5 Å². The van der Waals surface area contributed by atoms with Crippen molar-refractivity contribution in [2.45, 2.75) is 12.7 Å². The van der Waals surface area contributed by atoms with Gasteiger partial charge in [0.25, 0.3) is 5.91 Å². The van der Waals surface area contributed by atoms with Crippen molar-refractivity contribution >= 4 is 50.5 Å². The Labute approximate surface area is 160 Å². The number of nitrogens with one attached hydrogen (secondary N) is 1. The van der Waals surface area contributed by atoms with Gasteiger partial charge in [-0.2, -0.15) is 0 Å². The van der Waals surface area contributed by atoms with Crippen molar-refractivity contribution in [3.05, 3.63) is 65.4 Å². The van der Waals surface area contributed by atoms with Gasteiger partial charge in [0.05, 0.1) is 6.54 Å². The van der Waals surface area contributed by atoms with E-state index in [2.05, 4.69) is 10.3 Å². The van der Waals surface area contributed by atoms with Crippen molar-refractivity contribution in [1.82, 2.24) is 0 Å². The molecule has 0 saturated heterocycles. The lowest BCUT2D eigenvalue weighted by Crippen LogP contribution is -2.13. The Bertz CT molecular complexity index is 994. The predicted octanol–water partition coefficient (Wildman–Crippen LogP) is 5.33. The van der Waals surface area contributed by atoms with Crippen molar-refractivity contribution in [1.29, 1.82) is 0 Å². The van der Waals surface area contributed by atoms with Gasteiger partial charge >= 0.3 is 0 Å². The van der Waals surface area contributed by atoms with Crippen LogP contribution in [0.2, 0.25) is 0 Å². The molecule has 132 valence electrons. The zero-order chi connectivity index (χ0) is 17.9. The van der Waals surface area contributed by atoms with Gasteiger partial charge in [-0.25, -0.2) is 0 Å². The number of anilines is 1. The highest BCUT2D eigenvalue weighted by atomic mass is 32.2. The van der Waals surface area contributed by atoms with Crippen LogP contribution in [0.15, 0.2) is 57.9 Å². The maximum atomic E-state index is 12.9. The van der Waals surface area contributed by atoms with Crippen LogP contribution >= 0.6 is 23.5 Å². The van der Waals surface area contributed by atoms with Crippen molar-refractivity contribution < 1.29 is 9.21 Å². The molecule has 1 aromatic heterocycles. The van der Waals surface area contributed by atoms with Gasteiger partial charge in [0.1, 0.15) is 9.96 Å². The number of hydrogen-bond donors (Lipinski definition) is 1. The molecule has 0 aliphatic carbocycles. The summed E-state index contributed by atoms with van der Waals surface area (Å²) in [5.41, 5.74) is 3.47. The van der Waals surface area contributed by atoms with Crippen LogP contribution in [-0.2, 0) is 5.75 Å². The third kappa shape index (κ3) is 3.52. The second-order valence-corrected chi connectivity index (χ2v) is 8.27. The van der Waals surface area contributed by atoms with Gasteiger partial charge < -0.3 is 9.73 Å². The quantitative estimate of drug-likeness (QED) is 0.663. The van der Waals surface area contributed by atoms with E-state index in [-0.39, 0.29) is 5.91 Å². The van der Waals surface area contributed by atoms with Crippen molar-refractivity contribution in [2.24, 2.45) is 4.99 Å². The van der Waals surface area contributed by atoms with Gasteiger partial charge in [-0.05, 0) is 24.6 Å². The Hall–Kier alpha value is -2.18. The number of thioether (sulfide) groups is 2. The van der Waals surface area contributed by atoms with Crippen molar-refractivity contribution in [3.8, 4) is 0 Å². The number of fused-ring (bicyclic) bond motifs is 1. The molecule has 1 N–H and O–H groups in total. The third-order valence-electron chi connectivity index (χ3n) is 4.20. The smallest absolute Gasteiger partial charge is 0.291 e. The van der Waals surface area contributed by atoms with Crippen LogP contribution in [-0.4, -0.2) is 22.6 Å². The average molecular weight is 383 g/mol. The summed E-state index contributed by atoms with van der Waals surface area (Å²) in [5.74, 6) is 1.87. The summed E-state index contributed by atoms with van der Waals surface area (Å²) < 4.78 is 7.00. The molecule has 0 spiro atoms. The van der Waals surface area contributed by atoms with Gasteiger partial charge in [-0.1, -0.05) is 59.9 Å². The molecule has 2 aromatic carbocycles. The van der Waals surface area contributed by atoms with Gasteiger partial charge in [-0.15, -0.1) is 0 Å². The molecular weight excluding hydrogens is 364 g/mol. The van der Waals surface area contributed by atoms with E-state index in [9.17, 15) is 4.79 Å². The molecule has 0 saturated carbocycles. The van der Waals surface area contributed by atoms with Gasteiger partial charge in [0, 0.05) is 28.1 Å². The normalized spacial score (nSPS) is 13.8. The highest BCUT2D eigenvalue weighted by molar-refractivity contribution is 8.38. The Balaban J connectivity index is 1.65. The first kappa shape index (κ1) is 17.2. The number of furan rings is 1. The molecule has 0 bridgehead atoms. The summed E-state index contributed by atoms with van der Waals surface area (Å²) in [6.45, 7) is 2.85. The molecule has 0 atom stereocenters. The molecule has 1 aliphatic heterocycles. The molecule has 26 heavy (non-hydrogen) atoms. The van der Waals surface area contributed by atoms with E-state index in [1.807, 2.05) is 55.5 Å². The largest absolute Gasteiger partial charge is 0.451 e. The summed E-state index contributed by atoms with van der Waals surface area (Å²) in [6, 6.07) is 15.5. The first-order chi connectivity index (χ1) is 12.7. The minimum atomic E-state index is -0.216. The number of aryl methyl sites for hydroxylation is 1. The van der Waals surface area contributed by atoms with Crippen LogP contribution in [0.5, 0.6) is 0 Å². The predicted molar refractivity (Wildman–Crippen MR) is 111 cm³/mol. The Kier molecular flexibility index (Phi) is 5.04. The Morgan fingerprint density at radius 3 is 2.85 bits per heavy atom. The van der Waals surface area contributed by atoms with Crippen molar-refractivity contribution in [2.75, 3.05) is 17.6 Å². The number of carbonyl (C=O) groups excluding carboxylic acids is 1. The number of benzene rings is 2. The van der Waals surface area contributed by atoms with E-state index >= 15 is 0 Å². The van der Waals surface area contributed by atoms with Crippen LogP contribution in [0.4, 0.5) is 5.69 Å². The fourth-order valence-electron chi connectivity index (χ4n) is 2.85. The van der Waals surface area contributed by atoms with E-state index in [1.165, 1.54) is 0 Å². The number of para-hydroxylation sites is 2. The van der Waals surface area contributed by atoms with Crippen molar-refractivity contribution in [3.63, 3.8) is 0 Å². The summed E-state index contributed by atoms with van der Waals surface area (Å²) in [4.78, 5) is 17.4. The molecule has 6 heteroatoms. The molecule has 1 aliphatic rings. The van der Waals surface area contributed by atoms with Crippen LogP contribution in [0.1, 0.15) is 21.7 Å². The fraction of sp³-hybridized carbons (Fsp3) is 0.200. The second-order valence-electron chi connectivity index (χ2n) is 5.96. The lowest BCUT2D eigenvalue weighted by Gasteiger charge is -2.08. The minimum absolute atomic E-state index is 0.216. The van der Waals surface area contributed by atoms with Gasteiger partial charge in [0.15, 0.2) is 5.76 Å². The van der Waals surface area contributed by atoms with Crippen LogP contribution in [0, 0.1) is 6.92 Å². The zero-order valence-electron chi connectivity index (χ0n) is 14.3. The molecule has 1 amide bonds. The topological polar surface area (TPSA) is 54.6 Å². The lowest BCUT2D eigenvalue weighted by atomic mass is 10.1.